The van der Waals surface area contributed by atoms with Crippen LogP contribution in [0.3, 0.4) is 0 Å². The third-order valence-corrected chi connectivity index (χ3v) is 7.42. The number of amides is 1. The van der Waals surface area contributed by atoms with E-state index in [4.69, 9.17) is 4.74 Å². The Labute approximate surface area is 185 Å². The summed E-state index contributed by atoms with van der Waals surface area (Å²) in [5, 5.41) is 3.18. The van der Waals surface area contributed by atoms with Crippen LogP contribution in [0.2, 0.25) is 0 Å². The Morgan fingerprint density at radius 2 is 1.87 bits per heavy atom. The van der Waals surface area contributed by atoms with E-state index in [1.54, 1.807) is 0 Å². The molecule has 5 nitrogen and oxygen atoms in total. The van der Waals surface area contributed by atoms with Crippen LogP contribution in [0.5, 0.6) is 5.75 Å². The van der Waals surface area contributed by atoms with Crippen LogP contribution >= 0.6 is 0 Å². The predicted octanol–water partition coefficient (Wildman–Crippen LogP) is 3.55. The summed E-state index contributed by atoms with van der Waals surface area (Å²) in [6.45, 7) is 5.95. The fourth-order valence-electron chi connectivity index (χ4n) is 5.45. The third-order valence-electron chi connectivity index (χ3n) is 7.42. The zero-order valence-electron chi connectivity index (χ0n) is 18.5. The first-order valence-electron chi connectivity index (χ1n) is 11.7. The fourth-order valence-corrected chi connectivity index (χ4v) is 5.45. The average molecular weight is 420 g/mol. The molecule has 2 aromatic carbocycles. The lowest BCUT2D eigenvalue weighted by Crippen LogP contribution is -2.45. The quantitative estimate of drug-likeness (QED) is 0.778. The van der Waals surface area contributed by atoms with E-state index in [-0.39, 0.29) is 17.2 Å². The van der Waals surface area contributed by atoms with Crippen molar-refractivity contribution in [3.05, 3.63) is 59.7 Å². The standard InChI is InChI=1S/C26H33N3O2/c1-28-13-15-29(16-14-28)17-18-31-24-11-5-4-10-23(24)27-25(30)22-19-26(22)12-6-8-20-7-2-3-9-21(20)26/h2-5,7,9-11,22H,6,8,12-19H2,1H3,(H,27,30). The lowest BCUT2D eigenvalue weighted by Gasteiger charge is -2.32. The number of piperazine rings is 1. The highest BCUT2D eigenvalue weighted by Crippen LogP contribution is 2.60. The van der Waals surface area contributed by atoms with Gasteiger partial charge in [-0.15, -0.1) is 0 Å². The van der Waals surface area contributed by atoms with Crippen molar-refractivity contribution in [3.8, 4) is 5.75 Å². The van der Waals surface area contributed by atoms with E-state index in [0.29, 0.717) is 6.61 Å². The summed E-state index contributed by atoms with van der Waals surface area (Å²) in [6, 6.07) is 16.5. The average Bonchev–Trinajstić information content (AvgIpc) is 3.51. The number of fused-ring (bicyclic) bond motifs is 2. The van der Waals surface area contributed by atoms with E-state index in [1.165, 1.54) is 17.5 Å². The van der Waals surface area contributed by atoms with Crippen molar-refractivity contribution >= 4 is 11.6 Å². The molecule has 0 bridgehead atoms. The Bertz CT molecular complexity index is 938. The molecule has 2 atom stereocenters. The Morgan fingerprint density at radius 1 is 1.10 bits per heavy atom. The second kappa shape index (κ2) is 8.64. The maximum atomic E-state index is 13.2. The fraction of sp³-hybridized carbons (Fsp3) is 0.500. The van der Waals surface area contributed by atoms with E-state index in [2.05, 4.69) is 46.4 Å². The highest BCUT2D eigenvalue weighted by atomic mass is 16.5. The Hall–Kier alpha value is -2.37. The van der Waals surface area contributed by atoms with Crippen molar-refractivity contribution in [1.29, 1.82) is 0 Å². The van der Waals surface area contributed by atoms with E-state index in [1.807, 2.05) is 24.3 Å². The molecular weight excluding hydrogens is 386 g/mol. The number of benzene rings is 2. The molecule has 164 valence electrons. The molecule has 1 spiro atoms. The van der Waals surface area contributed by atoms with Crippen molar-refractivity contribution in [1.82, 2.24) is 9.80 Å². The number of aryl methyl sites for hydroxylation is 1. The van der Waals surface area contributed by atoms with Crippen molar-refractivity contribution in [2.24, 2.45) is 5.92 Å². The number of nitrogens with one attached hydrogen (secondary N) is 1. The molecule has 2 fully saturated rings. The largest absolute Gasteiger partial charge is 0.490 e. The SMILES string of the molecule is CN1CCN(CCOc2ccccc2NC(=O)C2CC23CCCc2ccccc23)CC1. The van der Waals surface area contributed by atoms with Gasteiger partial charge in [0.25, 0.3) is 0 Å². The van der Waals surface area contributed by atoms with Crippen molar-refractivity contribution in [2.75, 3.05) is 51.7 Å². The van der Waals surface area contributed by atoms with Crippen LogP contribution in [0.25, 0.3) is 0 Å². The molecular formula is C26H33N3O2. The lowest BCUT2D eigenvalue weighted by atomic mass is 9.78. The summed E-state index contributed by atoms with van der Waals surface area (Å²) in [4.78, 5) is 18.0. The number of rotatable bonds is 6. The third kappa shape index (κ3) is 4.21. The number of hydrogen-bond acceptors (Lipinski definition) is 4. The van der Waals surface area contributed by atoms with Gasteiger partial charge in [0.05, 0.1) is 5.69 Å². The van der Waals surface area contributed by atoms with Crippen LogP contribution in [-0.4, -0.2) is 62.1 Å². The molecule has 5 heteroatoms. The molecule has 1 N–H and O–H groups in total. The molecule has 2 unspecified atom stereocenters. The first-order chi connectivity index (χ1) is 15.2. The summed E-state index contributed by atoms with van der Waals surface area (Å²) in [6.07, 6.45) is 4.39. The molecule has 1 saturated heterocycles. The van der Waals surface area contributed by atoms with E-state index in [0.717, 1.165) is 63.4 Å². The van der Waals surface area contributed by atoms with Gasteiger partial charge in [0, 0.05) is 44.1 Å². The van der Waals surface area contributed by atoms with Crippen molar-refractivity contribution in [3.63, 3.8) is 0 Å². The number of ether oxygens (including phenoxy) is 1. The van der Waals surface area contributed by atoms with Crippen LogP contribution < -0.4 is 10.1 Å². The minimum atomic E-state index is 0.0517. The van der Waals surface area contributed by atoms with Crippen LogP contribution in [-0.2, 0) is 16.6 Å². The summed E-state index contributed by atoms with van der Waals surface area (Å²) in [7, 11) is 2.17. The number of nitrogens with zero attached hydrogens (tertiary/aromatic N) is 2. The Morgan fingerprint density at radius 3 is 2.74 bits per heavy atom. The van der Waals surface area contributed by atoms with Gasteiger partial charge in [0.2, 0.25) is 5.91 Å². The number of carbonyl (C=O) groups is 1. The first-order valence-corrected chi connectivity index (χ1v) is 11.7. The number of para-hydroxylation sites is 2. The summed E-state index contributed by atoms with van der Waals surface area (Å²) in [5.74, 6) is 0.961. The smallest absolute Gasteiger partial charge is 0.228 e. The normalized spacial score (nSPS) is 25.8. The molecule has 3 aliphatic rings. The maximum Gasteiger partial charge on any atom is 0.228 e. The number of carbonyl (C=O) groups excluding carboxylic acids is 1. The van der Waals surface area contributed by atoms with Crippen LogP contribution in [0.15, 0.2) is 48.5 Å². The summed E-state index contributed by atoms with van der Waals surface area (Å²) >= 11 is 0. The second-order valence-electron chi connectivity index (χ2n) is 9.40. The van der Waals surface area contributed by atoms with E-state index >= 15 is 0 Å². The van der Waals surface area contributed by atoms with Crippen molar-refractivity contribution < 1.29 is 9.53 Å². The topological polar surface area (TPSA) is 44.8 Å². The minimum Gasteiger partial charge on any atom is -0.490 e. The molecule has 5 rings (SSSR count). The predicted molar refractivity (Wildman–Crippen MR) is 124 cm³/mol. The molecule has 0 radical (unpaired) electrons. The van der Waals surface area contributed by atoms with Gasteiger partial charge in [-0.25, -0.2) is 0 Å². The minimum absolute atomic E-state index is 0.0517. The number of likely N-dealkylation sites (N-methyl/N-ethyl adjacent to an activating group) is 1. The van der Waals surface area contributed by atoms with E-state index < -0.39 is 0 Å². The number of anilines is 1. The molecule has 0 aromatic heterocycles. The van der Waals surface area contributed by atoms with Gasteiger partial charge in [-0.1, -0.05) is 36.4 Å². The lowest BCUT2D eigenvalue weighted by molar-refractivity contribution is -0.117. The van der Waals surface area contributed by atoms with Gasteiger partial charge >= 0.3 is 0 Å². The van der Waals surface area contributed by atoms with Gasteiger partial charge in [0.1, 0.15) is 12.4 Å². The molecule has 31 heavy (non-hydrogen) atoms. The van der Waals surface area contributed by atoms with E-state index in [9.17, 15) is 4.79 Å². The Kier molecular flexibility index (Phi) is 5.72. The second-order valence-corrected chi connectivity index (χ2v) is 9.40. The first kappa shape index (κ1) is 20.5. The van der Waals surface area contributed by atoms with Crippen molar-refractivity contribution in [2.45, 2.75) is 31.1 Å². The molecule has 1 saturated carbocycles. The zero-order chi connectivity index (χ0) is 21.3. The highest BCUT2D eigenvalue weighted by Gasteiger charge is 2.60. The molecule has 2 aromatic rings. The molecule has 1 amide bonds. The number of hydrogen-bond donors (Lipinski definition) is 1. The Balaban J connectivity index is 1.20. The summed E-state index contributed by atoms with van der Waals surface area (Å²) in [5.41, 5.74) is 3.67. The molecule has 2 aliphatic carbocycles. The molecule has 1 heterocycles. The highest BCUT2D eigenvalue weighted by molar-refractivity contribution is 5.97. The molecule has 1 aliphatic heterocycles. The van der Waals surface area contributed by atoms with Gasteiger partial charge < -0.3 is 15.0 Å². The van der Waals surface area contributed by atoms with Gasteiger partial charge in [0.15, 0.2) is 0 Å². The van der Waals surface area contributed by atoms with Crippen LogP contribution in [0.1, 0.15) is 30.4 Å². The van der Waals surface area contributed by atoms with Gasteiger partial charge in [-0.3, -0.25) is 9.69 Å². The maximum absolute atomic E-state index is 13.2. The summed E-state index contributed by atoms with van der Waals surface area (Å²) < 4.78 is 6.09. The van der Waals surface area contributed by atoms with Gasteiger partial charge in [-0.05, 0) is 56.0 Å². The zero-order valence-corrected chi connectivity index (χ0v) is 18.5. The van der Waals surface area contributed by atoms with Crippen LogP contribution in [0, 0.1) is 5.92 Å². The van der Waals surface area contributed by atoms with Crippen LogP contribution in [0.4, 0.5) is 5.69 Å². The monoisotopic (exact) mass is 419 g/mol. The van der Waals surface area contributed by atoms with Gasteiger partial charge in [-0.2, -0.15) is 0 Å².